The summed E-state index contributed by atoms with van der Waals surface area (Å²) < 4.78 is 0. The number of hydrogen-bond acceptors (Lipinski definition) is 5. The van der Waals surface area contributed by atoms with E-state index in [1.807, 2.05) is 36.4 Å². The standard InChI is InChI=1S/C16H16N2O3/c17-9-4-10-18-14(11-5-2-1-3-6-11)12-7-8-13(19)16(21)15(12)20/h1-3,5-8,14,18-21H,4,10H2. The van der Waals surface area contributed by atoms with E-state index in [1.165, 1.54) is 6.07 Å². The Labute approximate surface area is 122 Å². The zero-order valence-electron chi connectivity index (χ0n) is 11.3. The zero-order valence-corrected chi connectivity index (χ0v) is 11.3. The lowest BCUT2D eigenvalue weighted by Crippen LogP contribution is -2.23. The Kier molecular flexibility index (Phi) is 4.64. The minimum atomic E-state index is -0.546. The van der Waals surface area contributed by atoms with E-state index in [-0.39, 0.29) is 17.5 Å². The van der Waals surface area contributed by atoms with Crippen molar-refractivity contribution in [2.75, 3.05) is 6.54 Å². The fraction of sp³-hybridized carbons (Fsp3) is 0.188. The van der Waals surface area contributed by atoms with Gasteiger partial charge in [-0.25, -0.2) is 0 Å². The highest BCUT2D eigenvalue weighted by Gasteiger charge is 2.20. The van der Waals surface area contributed by atoms with Gasteiger partial charge < -0.3 is 20.6 Å². The third kappa shape index (κ3) is 3.25. The molecule has 0 radical (unpaired) electrons. The minimum absolute atomic E-state index is 0.328. The molecule has 0 spiro atoms. The van der Waals surface area contributed by atoms with Crippen LogP contribution in [-0.2, 0) is 0 Å². The van der Waals surface area contributed by atoms with Crippen LogP contribution in [0.4, 0.5) is 0 Å². The quantitative estimate of drug-likeness (QED) is 0.499. The van der Waals surface area contributed by atoms with Crippen molar-refractivity contribution in [1.29, 1.82) is 5.26 Å². The van der Waals surface area contributed by atoms with Crippen molar-refractivity contribution in [3.63, 3.8) is 0 Å². The first-order valence-electron chi connectivity index (χ1n) is 6.54. The normalized spacial score (nSPS) is 11.8. The minimum Gasteiger partial charge on any atom is -0.504 e. The maximum atomic E-state index is 10.1. The SMILES string of the molecule is N#CCCNC(c1ccccc1)c1ccc(O)c(O)c1O. The number of benzene rings is 2. The predicted molar refractivity (Wildman–Crippen MR) is 78.0 cm³/mol. The predicted octanol–water partition coefficient (Wildman–Crippen LogP) is 2.40. The number of nitrogens with zero attached hydrogens (tertiary/aromatic N) is 1. The van der Waals surface area contributed by atoms with E-state index in [1.54, 1.807) is 6.07 Å². The Morgan fingerprint density at radius 2 is 1.71 bits per heavy atom. The number of phenols is 3. The molecule has 0 aliphatic heterocycles. The maximum Gasteiger partial charge on any atom is 0.200 e. The number of nitrogens with one attached hydrogen (secondary N) is 1. The number of aromatic hydroxyl groups is 3. The van der Waals surface area contributed by atoms with E-state index in [9.17, 15) is 15.3 Å². The molecule has 0 fully saturated rings. The van der Waals surface area contributed by atoms with Crippen LogP contribution in [0.5, 0.6) is 17.2 Å². The molecular formula is C16H16N2O3. The third-order valence-electron chi connectivity index (χ3n) is 3.19. The molecule has 2 rings (SSSR count). The van der Waals surface area contributed by atoms with Crippen LogP contribution in [0.3, 0.4) is 0 Å². The second-order valence-corrected chi connectivity index (χ2v) is 4.58. The summed E-state index contributed by atoms with van der Waals surface area (Å²) in [4.78, 5) is 0. The van der Waals surface area contributed by atoms with E-state index < -0.39 is 5.75 Å². The summed E-state index contributed by atoms with van der Waals surface area (Å²) >= 11 is 0. The number of rotatable bonds is 5. The first-order valence-corrected chi connectivity index (χ1v) is 6.54. The molecule has 0 saturated carbocycles. The highest BCUT2D eigenvalue weighted by Crippen LogP contribution is 2.41. The largest absolute Gasteiger partial charge is 0.504 e. The molecule has 21 heavy (non-hydrogen) atoms. The van der Waals surface area contributed by atoms with Crippen LogP contribution >= 0.6 is 0 Å². The van der Waals surface area contributed by atoms with Crippen LogP contribution in [0.2, 0.25) is 0 Å². The van der Waals surface area contributed by atoms with Gasteiger partial charge in [0.25, 0.3) is 0 Å². The molecule has 1 atom stereocenters. The van der Waals surface area contributed by atoms with E-state index in [4.69, 9.17) is 5.26 Å². The molecule has 0 aromatic heterocycles. The molecule has 108 valence electrons. The lowest BCUT2D eigenvalue weighted by Gasteiger charge is -2.21. The Balaban J connectivity index is 2.40. The number of nitriles is 1. The van der Waals surface area contributed by atoms with Gasteiger partial charge in [0.1, 0.15) is 0 Å². The summed E-state index contributed by atoms with van der Waals surface area (Å²) in [7, 11) is 0. The molecule has 0 saturated heterocycles. The highest BCUT2D eigenvalue weighted by molar-refractivity contribution is 5.55. The lowest BCUT2D eigenvalue weighted by molar-refractivity contribution is 0.362. The van der Waals surface area contributed by atoms with Crippen molar-refractivity contribution in [3.8, 4) is 23.3 Å². The molecule has 2 aromatic rings. The molecular weight excluding hydrogens is 268 g/mol. The molecule has 2 aromatic carbocycles. The van der Waals surface area contributed by atoms with Crippen molar-refractivity contribution >= 4 is 0 Å². The van der Waals surface area contributed by atoms with Crippen molar-refractivity contribution < 1.29 is 15.3 Å². The molecule has 4 N–H and O–H groups in total. The van der Waals surface area contributed by atoms with Gasteiger partial charge in [0, 0.05) is 18.5 Å². The second kappa shape index (κ2) is 6.64. The van der Waals surface area contributed by atoms with Gasteiger partial charge in [0.2, 0.25) is 5.75 Å². The van der Waals surface area contributed by atoms with Gasteiger partial charge in [-0.2, -0.15) is 5.26 Å². The van der Waals surface area contributed by atoms with Crippen molar-refractivity contribution in [3.05, 3.63) is 53.6 Å². The topological polar surface area (TPSA) is 96.5 Å². The lowest BCUT2D eigenvalue weighted by atomic mass is 9.97. The molecule has 0 bridgehead atoms. The van der Waals surface area contributed by atoms with Gasteiger partial charge in [0.15, 0.2) is 11.5 Å². The van der Waals surface area contributed by atoms with Crippen LogP contribution in [0.15, 0.2) is 42.5 Å². The molecule has 5 heteroatoms. The van der Waals surface area contributed by atoms with Gasteiger partial charge in [-0.3, -0.25) is 0 Å². The van der Waals surface area contributed by atoms with Gasteiger partial charge in [-0.1, -0.05) is 30.3 Å². The summed E-state index contributed by atoms with van der Waals surface area (Å²) in [5, 5.41) is 41.0. The van der Waals surface area contributed by atoms with Crippen LogP contribution in [-0.4, -0.2) is 21.9 Å². The summed E-state index contributed by atoms with van der Waals surface area (Å²) in [6, 6.07) is 13.9. The molecule has 5 nitrogen and oxygen atoms in total. The second-order valence-electron chi connectivity index (χ2n) is 4.58. The average Bonchev–Trinajstić information content (AvgIpc) is 2.51. The summed E-state index contributed by atoms with van der Waals surface area (Å²) in [5.41, 5.74) is 1.32. The Bertz CT molecular complexity index is 651. The Morgan fingerprint density at radius 1 is 1.00 bits per heavy atom. The van der Waals surface area contributed by atoms with Gasteiger partial charge in [-0.15, -0.1) is 0 Å². The van der Waals surface area contributed by atoms with Gasteiger partial charge in [0.05, 0.1) is 12.1 Å². The fourth-order valence-electron chi connectivity index (χ4n) is 2.14. The van der Waals surface area contributed by atoms with Crippen molar-refractivity contribution in [1.82, 2.24) is 5.32 Å². The number of phenolic OH excluding ortho intramolecular Hbond substituents is 3. The molecule has 1 unspecified atom stereocenters. The Hall–Kier alpha value is -2.71. The van der Waals surface area contributed by atoms with Crippen LogP contribution in [0.25, 0.3) is 0 Å². The fourth-order valence-corrected chi connectivity index (χ4v) is 2.14. The van der Waals surface area contributed by atoms with E-state index in [2.05, 4.69) is 5.32 Å². The van der Waals surface area contributed by atoms with Crippen LogP contribution < -0.4 is 5.32 Å². The van der Waals surface area contributed by atoms with E-state index in [0.29, 0.717) is 18.5 Å². The molecule has 0 aliphatic rings. The molecule has 0 amide bonds. The average molecular weight is 284 g/mol. The third-order valence-corrected chi connectivity index (χ3v) is 3.19. The first kappa shape index (κ1) is 14.7. The van der Waals surface area contributed by atoms with Crippen molar-refractivity contribution in [2.45, 2.75) is 12.5 Å². The highest BCUT2D eigenvalue weighted by atomic mass is 16.3. The maximum absolute atomic E-state index is 10.1. The molecule has 0 heterocycles. The van der Waals surface area contributed by atoms with Crippen LogP contribution in [0, 0.1) is 11.3 Å². The van der Waals surface area contributed by atoms with E-state index >= 15 is 0 Å². The summed E-state index contributed by atoms with van der Waals surface area (Å²) in [6.07, 6.45) is 0.328. The summed E-state index contributed by atoms with van der Waals surface area (Å²) in [6.45, 7) is 0.442. The summed E-state index contributed by atoms with van der Waals surface area (Å²) in [5.74, 6) is -1.29. The molecule has 0 aliphatic carbocycles. The Morgan fingerprint density at radius 3 is 2.38 bits per heavy atom. The van der Waals surface area contributed by atoms with Gasteiger partial charge in [-0.05, 0) is 17.7 Å². The van der Waals surface area contributed by atoms with Gasteiger partial charge >= 0.3 is 0 Å². The monoisotopic (exact) mass is 284 g/mol. The first-order chi connectivity index (χ1) is 10.1. The van der Waals surface area contributed by atoms with E-state index in [0.717, 1.165) is 5.56 Å². The smallest absolute Gasteiger partial charge is 0.200 e. The van der Waals surface area contributed by atoms with Crippen LogP contribution in [0.1, 0.15) is 23.6 Å². The number of hydrogen-bond donors (Lipinski definition) is 4. The zero-order chi connectivity index (χ0) is 15.2. The van der Waals surface area contributed by atoms with Crippen molar-refractivity contribution in [2.24, 2.45) is 0 Å².